The number of piperazine rings is 1. The van der Waals surface area contributed by atoms with Crippen LogP contribution in [-0.2, 0) is 22.3 Å². The number of carbonyl (C=O) groups excluding carboxylic acids is 1. The number of nitrogens with zero attached hydrogens (tertiary/aromatic N) is 4. The van der Waals surface area contributed by atoms with Gasteiger partial charge in [0.05, 0.1) is 29.1 Å². The van der Waals surface area contributed by atoms with Gasteiger partial charge in [-0.05, 0) is 32.1 Å². The highest BCUT2D eigenvalue weighted by Crippen LogP contribution is 2.50. The molecule has 0 spiro atoms. The monoisotopic (exact) mass is 631 g/mol. The molecule has 1 amide bonds. The third kappa shape index (κ3) is 4.85. The van der Waals surface area contributed by atoms with Gasteiger partial charge in [0.25, 0.3) is 5.56 Å². The normalized spacial score (nSPS) is 20.9. The Morgan fingerprint density at radius 3 is 2.58 bits per heavy atom. The number of methoxy groups -OCH3 is 1. The molecule has 2 aliphatic heterocycles. The predicted octanol–water partition coefficient (Wildman–Crippen LogP) is 4.72. The van der Waals surface area contributed by atoms with E-state index in [0.29, 0.717) is 10.2 Å². The number of thiophene rings is 1. The Morgan fingerprint density at radius 2 is 1.93 bits per heavy atom. The first-order valence-corrected chi connectivity index (χ1v) is 15.4. The quantitative estimate of drug-likeness (QED) is 0.326. The molecule has 9 nitrogen and oxygen atoms in total. The molecule has 226 valence electrons. The first-order chi connectivity index (χ1) is 20.4. The highest BCUT2D eigenvalue weighted by atomic mass is 32.2. The average molecular weight is 632 g/mol. The van der Waals surface area contributed by atoms with E-state index in [9.17, 15) is 14.4 Å². The second-order valence-corrected chi connectivity index (χ2v) is 12.7. The van der Waals surface area contributed by atoms with Crippen molar-refractivity contribution in [3.8, 4) is 11.1 Å². The summed E-state index contributed by atoms with van der Waals surface area (Å²) < 4.78 is 52.6. The maximum atomic E-state index is 15.0. The minimum Gasteiger partial charge on any atom is -0.379 e. The van der Waals surface area contributed by atoms with Gasteiger partial charge in [-0.3, -0.25) is 14.2 Å². The van der Waals surface area contributed by atoms with Crippen molar-refractivity contribution in [2.45, 2.75) is 49.7 Å². The van der Waals surface area contributed by atoms with Crippen molar-refractivity contribution in [2.24, 2.45) is 0 Å². The Hall–Kier alpha value is -3.62. The van der Waals surface area contributed by atoms with Crippen LogP contribution in [0, 0.1) is 0 Å². The van der Waals surface area contributed by atoms with Gasteiger partial charge in [0.15, 0.2) is 0 Å². The number of carbonyl (C=O) groups is 1. The first kappa shape index (κ1) is 29.5. The molecular weight excluding hydrogens is 603 g/mol. The van der Waals surface area contributed by atoms with Crippen LogP contribution >= 0.6 is 23.1 Å². The van der Waals surface area contributed by atoms with Crippen molar-refractivity contribution < 1.29 is 22.7 Å². The fraction of sp³-hybridized carbons (Fsp3) is 0.379. The second-order valence-electron chi connectivity index (χ2n) is 10.8. The fourth-order valence-electron chi connectivity index (χ4n) is 6.22. The van der Waals surface area contributed by atoms with Gasteiger partial charge in [0, 0.05) is 75.7 Å². The summed E-state index contributed by atoms with van der Waals surface area (Å²) in [6.07, 6.45) is -2.57. The van der Waals surface area contributed by atoms with Crippen molar-refractivity contribution >= 4 is 55.8 Å². The molecule has 6 rings (SSSR count). The molecule has 1 N–H and O–H groups in total. The molecule has 3 aromatic heterocycles. The SMILES string of the molecule is C=CC(=O)N1[C@H](C)CN(c2nc(=O)n3c4c(c(-c5csc6cc[nH]c(=O)c56)c(C(F)(F)F)cc24)SCC(OC)C3)C[C@@H]1C. The van der Waals surface area contributed by atoms with E-state index in [4.69, 9.17) is 4.74 Å². The van der Waals surface area contributed by atoms with Crippen molar-refractivity contribution in [1.29, 1.82) is 0 Å². The smallest absolute Gasteiger partial charge is 0.379 e. The van der Waals surface area contributed by atoms with Crippen LogP contribution < -0.4 is 16.1 Å². The minimum atomic E-state index is -4.79. The third-order valence-corrected chi connectivity index (χ3v) is 10.2. The summed E-state index contributed by atoms with van der Waals surface area (Å²) in [5.74, 6) is 0.166. The Kier molecular flexibility index (Phi) is 7.42. The Bertz CT molecular complexity index is 1890. The number of alkyl halides is 3. The molecule has 1 fully saturated rings. The van der Waals surface area contributed by atoms with Gasteiger partial charge in [0.1, 0.15) is 5.82 Å². The number of aromatic amines is 1. The lowest BCUT2D eigenvalue weighted by Crippen LogP contribution is -2.58. The molecule has 1 unspecified atom stereocenters. The number of fused-ring (bicyclic) bond motifs is 1. The number of amides is 1. The topological polar surface area (TPSA) is 101 Å². The molecule has 3 atom stereocenters. The number of ether oxygens (including phenoxy) is 1. The summed E-state index contributed by atoms with van der Waals surface area (Å²) in [5.41, 5.74) is -1.69. The van der Waals surface area contributed by atoms with E-state index in [1.54, 1.807) is 21.2 Å². The van der Waals surface area contributed by atoms with Gasteiger partial charge in [0.2, 0.25) is 5.91 Å². The molecular formula is C29H28F3N5O4S2. The van der Waals surface area contributed by atoms with E-state index in [2.05, 4.69) is 16.5 Å². The minimum absolute atomic E-state index is 0.101. The summed E-state index contributed by atoms with van der Waals surface area (Å²) in [4.78, 5) is 49.7. The zero-order valence-electron chi connectivity index (χ0n) is 23.5. The first-order valence-electron chi connectivity index (χ1n) is 13.6. The number of benzene rings is 1. The van der Waals surface area contributed by atoms with Crippen molar-refractivity contribution in [3.63, 3.8) is 0 Å². The van der Waals surface area contributed by atoms with Gasteiger partial charge in [-0.2, -0.15) is 18.2 Å². The third-order valence-electron chi connectivity index (χ3n) is 8.05. The molecule has 2 aliphatic rings. The van der Waals surface area contributed by atoms with Crippen LogP contribution in [0.2, 0.25) is 0 Å². The Balaban J connectivity index is 1.68. The molecule has 4 aromatic rings. The molecule has 0 radical (unpaired) electrons. The van der Waals surface area contributed by atoms with Crippen molar-refractivity contribution in [2.75, 3.05) is 30.9 Å². The lowest BCUT2D eigenvalue weighted by atomic mass is 9.96. The number of halogens is 3. The number of nitrogens with one attached hydrogen (secondary N) is 1. The summed E-state index contributed by atoms with van der Waals surface area (Å²) in [6, 6.07) is 2.07. The Labute approximate surface area is 252 Å². The molecule has 5 heterocycles. The molecule has 43 heavy (non-hydrogen) atoms. The second kappa shape index (κ2) is 10.8. The zero-order valence-corrected chi connectivity index (χ0v) is 25.2. The zero-order chi connectivity index (χ0) is 30.8. The van der Waals surface area contributed by atoms with Crippen molar-refractivity contribution in [1.82, 2.24) is 19.4 Å². The van der Waals surface area contributed by atoms with Gasteiger partial charge in [-0.15, -0.1) is 23.1 Å². The van der Waals surface area contributed by atoms with Crippen molar-refractivity contribution in [3.05, 3.63) is 62.8 Å². The van der Waals surface area contributed by atoms with E-state index in [0.717, 1.165) is 6.07 Å². The number of pyridine rings is 1. The van der Waals surface area contributed by atoms with E-state index in [1.807, 2.05) is 13.8 Å². The van der Waals surface area contributed by atoms with Crippen LogP contribution in [0.25, 0.3) is 32.1 Å². The van der Waals surface area contributed by atoms with E-state index < -0.39 is 29.1 Å². The Morgan fingerprint density at radius 1 is 1.21 bits per heavy atom. The largest absolute Gasteiger partial charge is 0.417 e. The molecule has 0 aliphatic carbocycles. The number of anilines is 1. The molecule has 1 saturated heterocycles. The fourth-order valence-corrected chi connectivity index (χ4v) is 8.49. The van der Waals surface area contributed by atoms with Gasteiger partial charge in [-0.1, -0.05) is 6.58 Å². The van der Waals surface area contributed by atoms with Crippen LogP contribution in [0.15, 0.2) is 50.8 Å². The maximum Gasteiger partial charge on any atom is 0.417 e. The highest BCUT2D eigenvalue weighted by molar-refractivity contribution is 7.99. The maximum absolute atomic E-state index is 15.0. The number of aromatic nitrogens is 3. The summed E-state index contributed by atoms with van der Waals surface area (Å²) in [6.45, 7) is 7.87. The molecule has 1 aromatic carbocycles. The molecule has 14 heteroatoms. The number of hydrogen-bond donors (Lipinski definition) is 1. The van der Waals surface area contributed by atoms with Crippen LogP contribution in [0.5, 0.6) is 0 Å². The summed E-state index contributed by atoms with van der Waals surface area (Å²) >= 11 is 2.36. The van der Waals surface area contributed by atoms with Crippen LogP contribution in [0.3, 0.4) is 0 Å². The van der Waals surface area contributed by atoms with Gasteiger partial charge in [-0.25, -0.2) is 4.79 Å². The highest BCUT2D eigenvalue weighted by Gasteiger charge is 2.40. The predicted molar refractivity (Wildman–Crippen MR) is 162 cm³/mol. The van der Waals surface area contributed by atoms with Gasteiger partial charge >= 0.3 is 11.9 Å². The van der Waals surface area contributed by atoms with Crippen LogP contribution in [0.1, 0.15) is 19.4 Å². The average Bonchev–Trinajstić information content (AvgIpc) is 3.29. The molecule has 0 bridgehead atoms. The van der Waals surface area contributed by atoms with E-state index >= 15 is 13.2 Å². The van der Waals surface area contributed by atoms with E-state index in [-0.39, 0.29) is 76.0 Å². The summed E-state index contributed by atoms with van der Waals surface area (Å²) in [5, 5.41) is 1.90. The number of rotatable bonds is 4. The lowest BCUT2D eigenvalue weighted by molar-refractivity contribution is -0.137. The van der Waals surface area contributed by atoms with Crippen LogP contribution in [-0.4, -0.2) is 69.5 Å². The summed E-state index contributed by atoms with van der Waals surface area (Å²) in [7, 11) is 1.49. The standard InChI is InChI=1S/C29H28F3N5O4S2/c1-5-21(38)37-14(2)9-35(10-15(37)3)26-17-8-19(29(30,31)32)22(18-13-42-20-6-7-33-27(39)23(18)20)25-24(17)36(28(40)34-26)11-16(41-4)12-43-25/h5-8,13-16H,1,9-12H2,2-4H3,(H,33,39)/t14-,15+,16?. The van der Waals surface area contributed by atoms with Crippen LogP contribution in [0.4, 0.5) is 19.0 Å². The number of H-pyrrole nitrogens is 1. The van der Waals surface area contributed by atoms with Gasteiger partial charge < -0.3 is 19.5 Å². The molecule has 0 saturated carbocycles. The number of thioether (sulfide) groups is 1. The number of hydrogen-bond acceptors (Lipinski definition) is 8. The lowest BCUT2D eigenvalue weighted by Gasteiger charge is -2.44. The van der Waals surface area contributed by atoms with E-state index in [1.165, 1.54) is 47.0 Å².